The van der Waals surface area contributed by atoms with E-state index in [1.165, 1.54) is 5.56 Å². The second-order valence-corrected chi connectivity index (χ2v) is 6.69. The second-order valence-electron chi connectivity index (χ2n) is 6.69. The molecule has 1 aromatic carbocycles. The van der Waals surface area contributed by atoms with Gasteiger partial charge in [-0.25, -0.2) is 4.99 Å². The van der Waals surface area contributed by atoms with Gasteiger partial charge in [0.2, 0.25) is 0 Å². The molecule has 2 rings (SSSR count). The van der Waals surface area contributed by atoms with E-state index in [0.717, 1.165) is 24.3 Å². The molecule has 29 heavy (non-hydrogen) atoms. The Morgan fingerprint density at radius 2 is 2.07 bits per heavy atom. The second kappa shape index (κ2) is 12.3. The Morgan fingerprint density at radius 1 is 1.34 bits per heavy atom. The summed E-state index contributed by atoms with van der Waals surface area (Å²) in [4.78, 5) is 4.52. The highest BCUT2D eigenvalue weighted by Gasteiger charge is 2.24. The number of rotatable bonds is 9. The number of guanidine groups is 1. The summed E-state index contributed by atoms with van der Waals surface area (Å²) in [6.45, 7) is 5.70. The third-order valence-corrected chi connectivity index (χ3v) is 4.17. The van der Waals surface area contributed by atoms with Crippen LogP contribution >= 0.6 is 24.0 Å². The Hall–Kier alpha value is -2.25. The SMILES string of the molecule is C#CCOc1ccc(CCNC(=NCC(C)(O)c2cnn(C)c2)NCC)cc1.I. The van der Waals surface area contributed by atoms with Crippen molar-refractivity contribution in [2.45, 2.75) is 25.9 Å². The molecule has 0 saturated heterocycles. The van der Waals surface area contributed by atoms with E-state index in [1.807, 2.05) is 38.2 Å². The van der Waals surface area contributed by atoms with Gasteiger partial charge in [0, 0.05) is 31.9 Å². The number of terminal acetylenes is 1. The van der Waals surface area contributed by atoms with E-state index in [-0.39, 0.29) is 37.1 Å². The Balaban J connectivity index is 0.00000420. The molecule has 0 radical (unpaired) electrons. The summed E-state index contributed by atoms with van der Waals surface area (Å²) in [6.07, 6.45) is 9.48. The van der Waals surface area contributed by atoms with Crippen LogP contribution in [0.5, 0.6) is 5.75 Å². The van der Waals surface area contributed by atoms with Crippen molar-refractivity contribution in [2.75, 3.05) is 26.2 Å². The van der Waals surface area contributed by atoms with Gasteiger partial charge in [0.25, 0.3) is 0 Å². The molecular formula is C21H30IN5O2. The Kier molecular flexibility index (Phi) is 10.5. The fraction of sp³-hybridized carbons (Fsp3) is 0.429. The smallest absolute Gasteiger partial charge is 0.191 e. The maximum absolute atomic E-state index is 10.7. The van der Waals surface area contributed by atoms with Crippen molar-refractivity contribution >= 4 is 29.9 Å². The molecule has 0 saturated carbocycles. The molecular weight excluding hydrogens is 481 g/mol. The fourth-order valence-electron chi connectivity index (χ4n) is 2.57. The molecule has 1 unspecified atom stereocenters. The quantitative estimate of drug-likeness (QED) is 0.208. The topological polar surface area (TPSA) is 83.7 Å². The summed E-state index contributed by atoms with van der Waals surface area (Å²) in [5.41, 5.74) is 0.839. The zero-order valence-electron chi connectivity index (χ0n) is 17.2. The minimum absolute atomic E-state index is 0. The van der Waals surface area contributed by atoms with Gasteiger partial charge in [0.05, 0.1) is 12.7 Å². The molecule has 0 amide bonds. The van der Waals surface area contributed by atoms with Crippen molar-refractivity contribution in [1.82, 2.24) is 20.4 Å². The maximum atomic E-state index is 10.7. The van der Waals surface area contributed by atoms with Gasteiger partial charge in [-0.05, 0) is 38.0 Å². The predicted octanol–water partition coefficient (Wildman–Crippen LogP) is 2.06. The van der Waals surface area contributed by atoms with E-state index < -0.39 is 5.60 Å². The van der Waals surface area contributed by atoms with Crippen molar-refractivity contribution in [1.29, 1.82) is 0 Å². The average Bonchev–Trinajstić information content (AvgIpc) is 3.13. The van der Waals surface area contributed by atoms with E-state index >= 15 is 0 Å². The highest BCUT2D eigenvalue weighted by molar-refractivity contribution is 14.0. The van der Waals surface area contributed by atoms with Crippen molar-refractivity contribution < 1.29 is 9.84 Å². The van der Waals surface area contributed by atoms with Crippen molar-refractivity contribution in [2.24, 2.45) is 12.0 Å². The summed E-state index contributed by atoms with van der Waals surface area (Å²) >= 11 is 0. The molecule has 1 heterocycles. The summed E-state index contributed by atoms with van der Waals surface area (Å²) in [5, 5.41) is 21.3. The first-order chi connectivity index (χ1) is 13.4. The lowest BCUT2D eigenvalue weighted by atomic mass is 10.0. The van der Waals surface area contributed by atoms with E-state index in [1.54, 1.807) is 24.0 Å². The van der Waals surface area contributed by atoms with Crippen molar-refractivity contribution in [3.63, 3.8) is 0 Å². The Bertz CT molecular complexity index is 809. The average molecular weight is 511 g/mol. The summed E-state index contributed by atoms with van der Waals surface area (Å²) < 4.78 is 7.04. The lowest BCUT2D eigenvalue weighted by molar-refractivity contribution is 0.0672. The molecule has 158 valence electrons. The highest BCUT2D eigenvalue weighted by Crippen LogP contribution is 2.19. The lowest BCUT2D eigenvalue weighted by Gasteiger charge is -2.20. The molecule has 0 fully saturated rings. The van der Waals surface area contributed by atoms with Crippen LogP contribution in [-0.4, -0.2) is 47.1 Å². The molecule has 1 aromatic heterocycles. The summed E-state index contributed by atoms with van der Waals surface area (Å²) in [5.74, 6) is 3.88. The normalized spacial score (nSPS) is 13.0. The highest BCUT2D eigenvalue weighted by atomic mass is 127. The summed E-state index contributed by atoms with van der Waals surface area (Å²) in [7, 11) is 1.82. The minimum Gasteiger partial charge on any atom is -0.481 e. The van der Waals surface area contributed by atoms with Crippen LogP contribution in [0.3, 0.4) is 0 Å². The number of hydrogen-bond acceptors (Lipinski definition) is 4. The van der Waals surface area contributed by atoms with Gasteiger partial charge in [0.15, 0.2) is 5.96 Å². The van der Waals surface area contributed by atoms with Crippen LogP contribution in [0.25, 0.3) is 0 Å². The minimum atomic E-state index is -1.08. The van der Waals surface area contributed by atoms with Crippen molar-refractivity contribution in [3.8, 4) is 18.1 Å². The van der Waals surface area contributed by atoms with E-state index in [2.05, 4.69) is 26.6 Å². The van der Waals surface area contributed by atoms with Gasteiger partial charge in [-0.1, -0.05) is 18.1 Å². The van der Waals surface area contributed by atoms with Crippen molar-refractivity contribution in [3.05, 3.63) is 47.8 Å². The van der Waals surface area contributed by atoms with Crippen LogP contribution in [0, 0.1) is 12.3 Å². The third kappa shape index (κ3) is 8.33. The third-order valence-electron chi connectivity index (χ3n) is 4.17. The number of ether oxygens (including phenoxy) is 1. The first kappa shape index (κ1) is 24.8. The van der Waals surface area contributed by atoms with Crippen LogP contribution in [0.1, 0.15) is 25.0 Å². The van der Waals surface area contributed by atoms with Gasteiger partial charge < -0.3 is 20.5 Å². The first-order valence-electron chi connectivity index (χ1n) is 9.33. The number of benzene rings is 1. The maximum Gasteiger partial charge on any atom is 0.191 e. The van der Waals surface area contributed by atoms with E-state index in [4.69, 9.17) is 11.2 Å². The zero-order chi connectivity index (χ0) is 20.4. The molecule has 0 aliphatic carbocycles. The van der Waals surface area contributed by atoms with Crippen LogP contribution in [0.15, 0.2) is 41.7 Å². The number of aliphatic hydroxyl groups is 1. The molecule has 7 nitrogen and oxygen atoms in total. The number of nitrogens with one attached hydrogen (secondary N) is 2. The van der Waals surface area contributed by atoms with Crippen LogP contribution in [-0.2, 0) is 19.1 Å². The van der Waals surface area contributed by atoms with Gasteiger partial charge in [-0.15, -0.1) is 30.4 Å². The van der Waals surface area contributed by atoms with Crippen LogP contribution in [0.4, 0.5) is 0 Å². The lowest BCUT2D eigenvalue weighted by Crippen LogP contribution is -2.39. The van der Waals surface area contributed by atoms with Gasteiger partial charge in [0.1, 0.15) is 18.0 Å². The molecule has 0 bridgehead atoms. The predicted molar refractivity (Wildman–Crippen MR) is 127 cm³/mol. The van der Waals surface area contributed by atoms with E-state index in [9.17, 15) is 5.11 Å². The summed E-state index contributed by atoms with van der Waals surface area (Å²) in [6, 6.07) is 7.86. The zero-order valence-corrected chi connectivity index (χ0v) is 19.5. The fourth-order valence-corrected chi connectivity index (χ4v) is 2.57. The molecule has 0 aliphatic rings. The first-order valence-corrected chi connectivity index (χ1v) is 9.33. The standard InChI is InChI=1S/C21H29N5O2.HI/c1-5-13-28-19-9-7-17(8-10-19)11-12-23-20(22-6-2)24-16-21(3,27)18-14-25-26(4)15-18;/h1,7-10,14-15,27H,6,11-13,16H2,2-4H3,(H2,22,23,24);1H. The molecule has 0 spiro atoms. The number of aliphatic imine (C=N–C) groups is 1. The molecule has 2 aromatic rings. The monoisotopic (exact) mass is 511 g/mol. The molecule has 0 aliphatic heterocycles. The van der Waals surface area contributed by atoms with Gasteiger partial charge >= 0.3 is 0 Å². The van der Waals surface area contributed by atoms with E-state index in [0.29, 0.717) is 12.5 Å². The molecule has 3 N–H and O–H groups in total. The number of hydrogen-bond donors (Lipinski definition) is 3. The van der Waals surface area contributed by atoms with Gasteiger partial charge in [-0.2, -0.15) is 5.10 Å². The van der Waals surface area contributed by atoms with Crippen LogP contribution < -0.4 is 15.4 Å². The number of halogens is 1. The Morgan fingerprint density at radius 3 is 2.66 bits per heavy atom. The van der Waals surface area contributed by atoms with Crippen LogP contribution in [0.2, 0.25) is 0 Å². The Labute approximate surface area is 190 Å². The number of aromatic nitrogens is 2. The molecule has 1 atom stereocenters. The van der Waals surface area contributed by atoms with Gasteiger partial charge in [-0.3, -0.25) is 4.68 Å². The largest absolute Gasteiger partial charge is 0.481 e. The number of aryl methyl sites for hydroxylation is 1. The number of nitrogens with zero attached hydrogens (tertiary/aromatic N) is 3. The molecule has 8 heteroatoms.